The molecule has 0 aliphatic carbocycles. The van der Waals surface area contributed by atoms with Gasteiger partial charge in [-0.05, 0) is 41.6 Å². The summed E-state index contributed by atoms with van der Waals surface area (Å²) in [6.07, 6.45) is 6.10. The van der Waals surface area contributed by atoms with Gasteiger partial charge in [-0.3, -0.25) is 0 Å². The quantitative estimate of drug-likeness (QED) is 0.740. The zero-order valence-corrected chi connectivity index (χ0v) is 14.0. The lowest BCUT2D eigenvalue weighted by molar-refractivity contribution is 0.418. The van der Waals surface area contributed by atoms with Gasteiger partial charge < -0.3 is 10.6 Å². The maximum atomic E-state index is 4.56. The lowest BCUT2D eigenvalue weighted by Crippen LogP contribution is -2.36. The van der Waals surface area contributed by atoms with Gasteiger partial charge in [-0.15, -0.1) is 0 Å². The van der Waals surface area contributed by atoms with Crippen molar-refractivity contribution in [3.63, 3.8) is 0 Å². The molecule has 4 nitrogen and oxygen atoms in total. The first-order valence-electron chi connectivity index (χ1n) is 7.15. The van der Waals surface area contributed by atoms with Crippen LogP contribution in [0.25, 0.3) is 0 Å². The van der Waals surface area contributed by atoms with Gasteiger partial charge in [0, 0.05) is 18.3 Å². The monoisotopic (exact) mass is 328 g/mol. The molecule has 0 radical (unpaired) electrons. The molecule has 0 saturated carbocycles. The third kappa shape index (κ3) is 4.34. The highest BCUT2D eigenvalue weighted by Gasteiger charge is 2.25. The molecular weight excluding hydrogens is 304 g/mol. The summed E-state index contributed by atoms with van der Waals surface area (Å²) in [4.78, 5) is 8.83. The van der Waals surface area contributed by atoms with Crippen LogP contribution in [0.4, 0.5) is 11.8 Å². The molecule has 0 amide bonds. The summed E-state index contributed by atoms with van der Waals surface area (Å²) < 4.78 is 0.911. The molecule has 5 heteroatoms. The van der Waals surface area contributed by atoms with Crippen molar-refractivity contribution in [1.82, 2.24) is 9.97 Å². The molecule has 1 rings (SSSR count). The molecule has 0 atom stereocenters. The van der Waals surface area contributed by atoms with E-state index in [0.717, 1.165) is 42.5 Å². The molecule has 0 saturated heterocycles. The summed E-state index contributed by atoms with van der Waals surface area (Å²) in [7, 11) is 0. The highest BCUT2D eigenvalue weighted by molar-refractivity contribution is 9.10. The predicted octanol–water partition coefficient (Wildman–Crippen LogP) is 4.44. The molecule has 0 spiro atoms. The molecule has 108 valence electrons. The Labute approximate surface area is 124 Å². The molecule has 0 unspecified atom stereocenters. The van der Waals surface area contributed by atoms with Gasteiger partial charge >= 0.3 is 0 Å². The van der Waals surface area contributed by atoms with E-state index in [1.165, 1.54) is 0 Å². The van der Waals surface area contributed by atoms with Crippen molar-refractivity contribution in [2.75, 3.05) is 17.2 Å². The van der Waals surface area contributed by atoms with E-state index in [1.54, 1.807) is 6.20 Å². The minimum Gasteiger partial charge on any atom is -0.364 e. The van der Waals surface area contributed by atoms with E-state index in [1.807, 2.05) is 0 Å². The second kappa shape index (κ2) is 7.68. The van der Waals surface area contributed by atoms with Crippen LogP contribution in [-0.4, -0.2) is 22.1 Å². The van der Waals surface area contributed by atoms with Crippen LogP contribution in [0, 0.1) is 0 Å². The van der Waals surface area contributed by atoms with Gasteiger partial charge in [-0.25, -0.2) is 4.98 Å². The minimum absolute atomic E-state index is 0.110. The molecule has 1 aromatic heterocycles. The van der Waals surface area contributed by atoms with E-state index >= 15 is 0 Å². The van der Waals surface area contributed by atoms with Gasteiger partial charge in [0.25, 0.3) is 0 Å². The molecule has 2 N–H and O–H groups in total. The standard InChI is InChI=1S/C14H25BrN4/c1-5-9-16-13-17-10-11(15)12(18-13)19-14(6-2,7-3)8-4/h10H,5-9H2,1-4H3,(H2,16,17,18,19). The van der Waals surface area contributed by atoms with Gasteiger partial charge in [0.15, 0.2) is 0 Å². The van der Waals surface area contributed by atoms with Crippen LogP contribution in [0.1, 0.15) is 53.4 Å². The molecular formula is C14H25BrN4. The van der Waals surface area contributed by atoms with E-state index in [2.05, 4.69) is 64.2 Å². The number of halogens is 1. The Balaban J connectivity index is 2.92. The van der Waals surface area contributed by atoms with E-state index < -0.39 is 0 Å². The molecule has 0 aromatic carbocycles. The number of hydrogen-bond donors (Lipinski definition) is 2. The average Bonchev–Trinajstić information content (AvgIpc) is 2.45. The first-order chi connectivity index (χ1) is 9.10. The van der Waals surface area contributed by atoms with Gasteiger partial charge in [0.2, 0.25) is 5.95 Å². The molecule has 0 aliphatic rings. The normalized spacial score (nSPS) is 11.4. The fourth-order valence-corrected chi connectivity index (χ4v) is 2.33. The maximum absolute atomic E-state index is 4.56. The van der Waals surface area contributed by atoms with E-state index in [0.29, 0.717) is 5.95 Å². The zero-order valence-electron chi connectivity index (χ0n) is 12.4. The van der Waals surface area contributed by atoms with Gasteiger partial charge in [-0.2, -0.15) is 4.98 Å². The number of anilines is 2. The van der Waals surface area contributed by atoms with Crippen molar-refractivity contribution < 1.29 is 0 Å². The van der Waals surface area contributed by atoms with E-state index in [-0.39, 0.29) is 5.54 Å². The minimum atomic E-state index is 0.110. The fourth-order valence-electron chi connectivity index (χ4n) is 2.04. The second-order valence-electron chi connectivity index (χ2n) is 4.78. The summed E-state index contributed by atoms with van der Waals surface area (Å²) in [6.45, 7) is 9.66. The smallest absolute Gasteiger partial charge is 0.224 e. The van der Waals surface area contributed by atoms with Crippen molar-refractivity contribution in [1.29, 1.82) is 0 Å². The van der Waals surface area contributed by atoms with Crippen molar-refractivity contribution in [2.24, 2.45) is 0 Å². The van der Waals surface area contributed by atoms with Gasteiger partial charge in [-0.1, -0.05) is 27.7 Å². The highest BCUT2D eigenvalue weighted by atomic mass is 79.9. The Hall–Kier alpha value is -0.840. The number of rotatable bonds is 8. The Kier molecular flexibility index (Phi) is 6.55. The molecule has 19 heavy (non-hydrogen) atoms. The molecule has 0 aliphatic heterocycles. The summed E-state index contributed by atoms with van der Waals surface area (Å²) in [5.41, 5.74) is 0.110. The van der Waals surface area contributed by atoms with Gasteiger partial charge in [0.1, 0.15) is 5.82 Å². The molecule has 0 fully saturated rings. The highest BCUT2D eigenvalue weighted by Crippen LogP contribution is 2.29. The lowest BCUT2D eigenvalue weighted by atomic mass is 9.90. The van der Waals surface area contributed by atoms with Gasteiger partial charge in [0.05, 0.1) is 4.47 Å². The third-order valence-electron chi connectivity index (χ3n) is 3.69. The molecule has 1 heterocycles. The van der Waals surface area contributed by atoms with Crippen LogP contribution in [-0.2, 0) is 0 Å². The van der Waals surface area contributed by atoms with Crippen molar-refractivity contribution in [2.45, 2.75) is 58.9 Å². The SMILES string of the molecule is CCCNc1ncc(Br)c(NC(CC)(CC)CC)n1. The maximum Gasteiger partial charge on any atom is 0.224 e. The van der Waals surface area contributed by atoms with Crippen LogP contribution in [0.5, 0.6) is 0 Å². The Morgan fingerprint density at radius 1 is 1.16 bits per heavy atom. The first kappa shape index (κ1) is 16.2. The lowest BCUT2D eigenvalue weighted by Gasteiger charge is -2.32. The van der Waals surface area contributed by atoms with Crippen LogP contribution in [0.15, 0.2) is 10.7 Å². The largest absolute Gasteiger partial charge is 0.364 e. The summed E-state index contributed by atoms with van der Waals surface area (Å²) in [5.74, 6) is 1.56. The topological polar surface area (TPSA) is 49.8 Å². The van der Waals surface area contributed by atoms with Crippen molar-refractivity contribution >= 4 is 27.7 Å². The summed E-state index contributed by atoms with van der Waals surface area (Å²) in [5, 5.41) is 6.81. The number of nitrogens with zero attached hydrogens (tertiary/aromatic N) is 2. The Morgan fingerprint density at radius 2 is 1.79 bits per heavy atom. The van der Waals surface area contributed by atoms with Crippen LogP contribution < -0.4 is 10.6 Å². The van der Waals surface area contributed by atoms with Crippen molar-refractivity contribution in [3.05, 3.63) is 10.7 Å². The van der Waals surface area contributed by atoms with E-state index in [9.17, 15) is 0 Å². The van der Waals surface area contributed by atoms with Crippen molar-refractivity contribution in [3.8, 4) is 0 Å². The Morgan fingerprint density at radius 3 is 2.32 bits per heavy atom. The van der Waals surface area contributed by atoms with Crippen LogP contribution >= 0.6 is 15.9 Å². The third-order valence-corrected chi connectivity index (χ3v) is 4.27. The van der Waals surface area contributed by atoms with Crippen LogP contribution in [0.2, 0.25) is 0 Å². The predicted molar refractivity (Wildman–Crippen MR) is 85.7 cm³/mol. The fraction of sp³-hybridized carbons (Fsp3) is 0.714. The van der Waals surface area contributed by atoms with E-state index in [4.69, 9.17) is 0 Å². The number of hydrogen-bond acceptors (Lipinski definition) is 4. The molecule has 1 aromatic rings. The summed E-state index contributed by atoms with van der Waals surface area (Å²) >= 11 is 3.52. The van der Waals surface area contributed by atoms with Crippen LogP contribution in [0.3, 0.4) is 0 Å². The summed E-state index contributed by atoms with van der Waals surface area (Å²) in [6, 6.07) is 0. The zero-order chi connectivity index (χ0) is 14.3. The molecule has 0 bridgehead atoms. The Bertz CT molecular complexity index is 383. The second-order valence-corrected chi connectivity index (χ2v) is 5.64. The average molecular weight is 329 g/mol. The number of aromatic nitrogens is 2. The first-order valence-corrected chi connectivity index (χ1v) is 7.94. The number of nitrogens with one attached hydrogen (secondary N) is 2.